The van der Waals surface area contributed by atoms with Crippen molar-refractivity contribution in [2.75, 3.05) is 0 Å². The van der Waals surface area contributed by atoms with Gasteiger partial charge in [-0.15, -0.1) is 0 Å². The molecule has 3 aliphatic rings. The molecule has 10 heteroatoms. The summed E-state index contributed by atoms with van der Waals surface area (Å²) in [6, 6.07) is 4.40. The number of rotatable bonds is 6. The second kappa shape index (κ2) is 10.2. The fourth-order valence-corrected chi connectivity index (χ4v) is 6.01. The SMILES string of the molecule is CC(C)(C)OC(=O)c1cc(C2CC2)c(CN2[C@@H]3CC[C@H]2C[C@@H](Oc2cc(C(F)(F)F)cc(Cl)c2F)C3)cc1F. The monoisotopic (exact) mass is 571 g/mol. The zero-order valence-electron chi connectivity index (χ0n) is 22.0. The third-order valence-corrected chi connectivity index (χ3v) is 7.95. The summed E-state index contributed by atoms with van der Waals surface area (Å²) in [6.45, 7) is 5.69. The molecule has 2 aromatic rings. The summed E-state index contributed by atoms with van der Waals surface area (Å²) < 4.78 is 80.5. The Balaban J connectivity index is 1.32. The predicted octanol–water partition coefficient (Wildman–Crippen LogP) is 8.04. The first kappa shape index (κ1) is 28.1. The van der Waals surface area contributed by atoms with Crippen molar-refractivity contribution >= 4 is 17.6 Å². The van der Waals surface area contributed by atoms with Gasteiger partial charge in [0.25, 0.3) is 0 Å². The van der Waals surface area contributed by atoms with Crippen molar-refractivity contribution in [3.05, 3.63) is 63.2 Å². The van der Waals surface area contributed by atoms with Gasteiger partial charge in [0, 0.05) is 18.6 Å². The third-order valence-electron chi connectivity index (χ3n) is 7.67. The molecule has 3 atom stereocenters. The summed E-state index contributed by atoms with van der Waals surface area (Å²) in [5.74, 6) is -2.54. The van der Waals surface area contributed by atoms with Gasteiger partial charge in [-0.1, -0.05) is 11.6 Å². The molecular formula is C29H31ClF5NO3. The van der Waals surface area contributed by atoms with Crippen molar-refractivity contribution < 1.29 is 36.2 Å². The highest BCUT2D eigenvalue weighted by Gasteiger charge is 2.43. The molecule has 2 heterocycles. The highest BCUT2D eigenvalue weighted by atomic mass is 35.5. The number of hydrogen-bond donors (Lipinski definition) is 0. The van der Waals surface area contributed by atoms with Crippen LogP contribution in [0.5, 0.6) is 5.75 Å². The second-order valence-corrected chi connectivity index (χ2v) is 12.3. The van der Waals surface area contributed by atoms with Crippen LogP contribution < -0.4 is 4.74 Å². The molecule has 0 aromatic heterocycles. The Hall–Kier alpha value is -2.39. The smallest absolute Gasteiger partial charge is 0.416 e. The number of nitrogens with zero attached hydrogens (tertiary/aromatic N) is 1. The maximum atomic E-state index is 15.1. The summed E-state index contributed by atoms with van der Waals surface area (Å²) in [5, 5.41) is -0.635. The van der Waals surface area contributed by atoms with E-state index >= 15 is 4.39 Å². The summed E-state index contributed by atoms with van der Waals surface area (Å²) >= 11 is 5.72. The Morgan fingerprint density at radius 1 is 1.00 bits per heavy atom. The number of ether oxygens (including phenoxy) is 2. The molecule has 2 aliphatic heterocycles. The van der Waals surface area contributed by atoms with E-state index in [0.717, 1.165) is 36.8 Å². The summed E-state index contributed by atoms with van der Waals surface area (Å²) in [5.41, 5.74) is -0.0817. The Labute approximate surface area is 229 Å². The molecule has 2 bridgehead atoms. The van der Waals surface area contributed by atoms with Crippen LogP contribution in [0.3, 0.4) is 0 Å². The van der Waals surface area contributed by atoms with Gasteiger partial charge >= 0.3 is 12.1 Å². The van der Waals surface area contributed by atoms with Crippen molar-refractivity contribution in [3.8, 4) is 5.75 Å². The molecular weight excluding hydrogens is 541 g/mol. The number of piperidine rings is 1. The maximum absolute atomic E-state index is 15.1. The normalized spacial score (nSPS) is 23.7. The molecule has 0 N–H and O–H groups in total. The minimum absolute atomic E-state index is 0.0544. The molecule has 1 aliphatic carbocycles. The number of carbonyl (C=O) groups excluding carboxylic acids is 1. The lowest BCUT2D eigenvalue weighted by atomic mass is 9.95. The van der Waals surface area contributed by atoms with Crippen LogP contribution in [-0.4, -0.2) is 34.7 Å². The van der Waals surface area contributed by atoms with Gasteiger partial charge in [0.1, 0.15) is 17.5 Å². The molecule has 0 amide bonds. The number of alkyl halides is 3. The average molecular weight is 572 g/mol. The lowest BCUT2D eigenvalue weighted by Gasteiger charge is -2.39. The zero-order valence-corrected chi connectivity index (χ0v) is 22.8. The van der Waals surface area contributed by atoms with Crippen LogP contribution in [0.4, 0.5) is 22.0 Å². The molecule has 1 saturated carbocycles. The Bertz CT molecular complexity index is 1260. The maximum Gasteiger partial charge on any atom is 0.416 e. The van der Waals surface area contributed by atoms with E-state index in [-0.39, 0.29) is 23.6 Å². The molecule has 2 saturated heterocycles. The molecule has 212 valence electrons. The number of carbonyl (C=O) groups is 1. The van der Waals surface area contributed by atoms with Gasteiger partial charge in [0.15, 0.2) is 11.6 Å². The molecule has 0 radical (unpaired) electrons. The van der Waals surface area contributed by atoms with Crippen LogP contribution >= 0.6 is 11.6 Å². The van der Waals surface area contributed by atoms with Crippen molar-refractivity contribution in [3.63, 3.8) is 0 Å². The topological polar surface area (TPSA) is 38.8 Å². The van der Waals surface area contributed by atoms with Gasteiger partial charge in [0.05, 0.1) is 16.1 Å². The molecule has 4 nitrogen and oxygen atoms in total. The van der Waals surface area contributed by atoms with Crippen molar-refractivity contribution in [1.29, 1.82) is 0 Å². The highest BCUT2D eigenvalue weighted by molar-refractivity contribution is 6.31. The summed E-state index contributed by atoms with van der Waals surface area (Å²) in [7, 11) is 0. The second-order valence-electron chi connectivity index (χ2n) is 11.8. The van der Waals surface area contributed by atoms with E-state index in [2.05, 4.69) is 4.90 Å². The Kier molecular flexibility index (Phi) is 7.38. The molecule has 3 fully saturated rings. The minimum atomic E-state index is -4.68. The molecule has 5 rings (SSSR count). The quantitative estimate of drug-likeness (QED) is 0.260. The standard InChI is InChI=1S/C29H31ClF5NO3/c1-28(2,3)39-27(37)22-13-21(15-4-5-15)16(8-24(22)31)14-36-18-6-7-19(36)12-20(11-18)38-25-10-17(29(33,34)35)9-23(30)26(25)32/h8-10,13,15,18-20H,4-7,11-12,14H2,1-3H3/t18-,19+,20+. The Morgan fingerprint density at radius 3 is 2.21 bits per heavy atom. The number of benzene rings is 2. The van der Waals surface area contributed by atoms with Crippen LogP contribution in [0.1, 0.15) is 92.3 Å². The largest absolute Gasteiger partial charge is 0.487 e. The van der Waals surface area contributed by atoms with E-state index < -0.39 is 51.8 Å². The van der Waals surface area contributed by atoms with E-state index in [0.29, 0.717) is 31.5 Å². The fourth-order valence-electron chi connectivity index (χ4n) is 5.80. The summed E-state index contributed by atoms with van der Waals surface area (Å²) in [4.78, 5) is 14.9. The number of hydrogen-bond acceptors (Lipinski definition) is 4. The van der Waals surface area contributed by atoms with Crippen LogP contribution in [0.25, 0.3) is 0 Å². The first-order chi connectivity index (χ1) is 18.2. The van der Waals surface area contributed by atoms with Gasteiger partial charge in [-0.05, 0) is 101 Å². The first-order valence-electron chi connectivity index (χ1n) is 13.2. The zero-order chi connectivity index (χ0) is 28.3. The van der Waals surface area contributed by atoms with Gasteiger partial charge in [-0.2, -0.15) is 13.2 Å². The van der Waals surface area contributed by atoms with Crippen LogP contribution in [0.2, 0.25) is 5.02 Å². The number of esters is 1. The van der Waals surface area contributed by atoms with Crippen molar-refractivity contribution in [2.45, 2.75) is 102 Å². The lowest BCUT2D eigenvalue weighted by Crippen LogP contribution is -2.46. The van der Waals surface area contributed by atoms with E-state index in [1.807, 2.05) is 0 Å². The number of halogens is 6. The van der Waals surface area contributed by atoms with Gasteiger partial charge in [-0.3, -0.25) is 4.90 Å². The lowest BCUT2D eigenvalue weighted by molar-refractivity contribution is -0.137. The fraction of sp³-hybridized carbons (Fsp3) is 0.552. The van der Waals surface area contributed by atoms with Crippen LogP contribution in [0, 0.1) is 11.6 Å². The third kappa shape index (κ3) is 6.19. The van der Waals surface area contributed by atoms with Gasteiger partial charge < -0.3 is 9.47 Å². The molecule has 2 aromatic carbocycles. The van der Waals surface area contributed by atoms with Crippen LogP contribution in [0.15, 0.2) is 24.3 Å². The van der Waals surface area contributed by atoms with Gasteiger partial charge in [0.2, 0.25) is 0 Å². The van der Waals surface area contributed by atoms with Crippen molar-refractivity contribution in [2.24, 2.45) is 0 Å². The summed E-state index contributed by atoms with van der Waals surface area (Å²) in [6.07, 6.45) is -0.489. The van der Waals surface area contributed by atoms with E-state index in [4.69, 9.17) is 21.1 Å². The Morgan fingerprint density at radius 2 is 1.64 bits per heavy atom. The first-order valence-corrected chi connectivity index (χ1v) is 13.6. The predicted molar refractivity (Wildman–Crippen MR) is 136 cm³/mol. The van der Waals surface area contributed by atoms with E-state index in [1.54, 1.807) is 26.8 Å². The van der Waals surface area contributed by atoms with Crippen molar-refractivity contribution in [1.82, 2.24) is 4.90 Å². The number of fused-ring (bicyclic) bond motifs is 2. The molecule has 0 unspecified atom stereocenters. The molecule has 39 heavy (non-hydrogen) atoms. The molecule has 0 spiro atoms. The van der Waals surface area contributed by atoms with E-state index in [9.17, 15) is 22.4 Å². The van der Waals surface area contributed by atoms with Crippen LogP contribution in [-0.2, 0) is 17.5 Å². The highest BCUT2D eigenvalue weighted by Crippen LogP contribution is 2.45. The van der Waals surface area contributed by atoms with Gasteiger partial charge in [-0.25, -0.2) is 13.6 Å². The minimum Gasteiger partial charge on any atom is -0.487 e. The van der Waals surface area contributed by atoms with E-state index in [1.165, 1.54) is 6.07 Å². The average Bonchev–Trinajstić information content (AvgIpc) is 3.62.